The molecule has 0 aliphatic heterocycles. The second kappa shape index (κ2) is 14.6. The number of pyridine rings is 4. The third kappa shape index (κ3) is 13.0. The fourth-order valence-electron chi connectivity index (χ4n) is 2.17. The SMILES string of the molecule is Cc1ccc(C)nc1.Cc1ccc(C)nc1.Cc1ccc(C)nc1.Cc1ccc(C)nc1. The first-order valence-electron chi connectivity index (χ1n) is 10.7. The van der Waals surface area contributed by atoms with E-state index in [0.717, 1.165) is 22.8 Å². The highest BCUT2D eigenvalue weighted by Crippen LogP contribution is 1.96. The van der Waals surface area contributed by atoms with Crippen molar-refractivity contribution in [1.29, 1.82) is 0 Å². The highest BCUT2D eigenvalue weighted by molar-refractivity contribution is 5.12. The van der Waals surface area contributed by atoms with Crippen LogP contribution in [0.2, 0.25) is 0 Å². The molecule has 0 spiro atoms. The summed E-state index contributed by atoms with van der Waals surface area (Å²) in [6.07, 6.45) is 7.48. The Morgan fingerprint density at radius 3 is 0.594 bits per heavy atom. The van der Waals surface area contributed by atoms with E-state index in [1.165, 1.54) is 22.3 Å². The molecule has 168 valence electrons. The standard InChI is InChI=1S/4C7H9N/c4*1-6-3-4-7(2)8-5-6/h4*3-5H,1-2H3. The van der Waals surface area contributed by atoms with Crippen molar-refractivity contribution in [3.8, 4) is 0 Å². The van der Waals surface area contributed by atoms with Crippen LogP contribution in [-0.2, 0) is 0 Å². The Labute approximate surface area is 193 Å². The average Bonchev–Trinajstić information content (AvgIpc) is 2.78. The van der Waals surface area contributed by atoms with Crippen molar-refractivity contribution in [3.05, 3.63) is 118 Å². The van der Waals surface area contributed by atoms with Gasteiger partial charge in [0.25, 0.3) is 0 Å². The van der Waals surface area contributed by atoms with Crippen LogP contribution in [0.1, 0.15) is 45.0 Å². The number of hydrogen-bond acceptors (Lipinski definition) is 4. The summed E-state index contributed by atoms with van der Waals surface area (Å²) in [5, 5.41) is 0. The largest absolute Gasteiger partial charge is 0.261 e. The van der Waals surface area contributed by atoms with Crippen molar-refractivity contribution in [2.24, 2.45) is 0 Å². The molecule has 4 aromatic heterocycles. The van der Waals surface area contributed by atoms with Crippen LogP contribution in [0.4, 0.5) is 0 Å². The zero-order valence-corrected chi connectivity index (χ0v) is 20.7. The lowest BCUT2D eigenvalue weighted by molar-refractivity contribution is 1.17. The molecule has 0 amide bonds. The smallest absolute Gasteiger partial charge is 0.0372 e. The van der Waals surface area contributed by atoms with Gasteiger partial charge in [-0.15, -0.1) is 0 Å². The molecule has 0 aromatic carbocycles. The molecular formula is C28H36N4. The minimum Gasteiger partial charge on any atom is -0.261 e. The van der Waals surface area contributed by atoms with Crippen LogP contribution in [0, 0.1) is 55.4 Å². The minimum atomic E-state index is 1.08. The second-order valence-electron chi connectivity index (χ2n) is 7.91. The molecule has 0 N–H and O–H groups in total. The molecule has 4 nitrogen and oxygen atoms in total. The van der Waals surface area contributed by atoms with Crippen LogP contribution < -0.4 is 0 Å². The molecule has 0 unspecified atom stereocenters. The molecule has 4 rings (SSSR count). The van der Waals surface area contributed by atoms with Crippen LogP contribution in [0.5, 0.6) is 0 Å². The fraction of sp³-hybridized carbons (Fsp3) is 0.286. The van der Waals surface area contributed by atoms with Crippen molar-refractivity contribution in [2.45, 2.75) is 55.4 Å². The number of aryl methyl sites for hydroxylation is 8. The van der Waals surface area contributed by atoms with Gasteiger partial charge in [-0.1, -0.05) is 24.3 Å². The van der Waals surface area contributed by atoms with Gasteiger partial charge in [0, 0.05) is 47.6 Å². The quantitative estimate of drug-likeness (QED) is 0.309. The number of nitrogens with zero attached hydrogens (tertiary/aromatic N) is 4. The van der Waals surface area contributed by atoms with Gasteiger partial charge in [0.05, 0.1) is 0 Å². The molecule has 0 fully saturated rings. The molecule has 0 saturated carbocycles. The lowest BCUT2D eigenvalue weighted by atomic mass is 10.3. The van der Waals surface area contributed by atoms with Gasteiger partial charge in [0.2, 0.25) is 0 Å². The Bertz CT molecular complexity index is 747. The molecule has 4 aromatic rings. The van der Waals surface area contributed by atoms with Crippen molar-refractivity contribution in [2.75, 3.05) is 0 Å². The van der Waals surface area contributed by atoms with E-state index in [1.807, 2.05) is 104 Å². The third-order valence-corrected chi connectivity index (χ3v) is 4.24. The summed E-state index contributed by atoms with van der Waals surface area (Å²) in [5.74, 6) is 0. The van der Waals surface area contributed by atoms with E-state index in [0.29, 0.717) is 0 Å². The molecule has 0 aliphatic carbocycles. The van der Waals surface area contributed by atoms with Crippen LogP contribution in [0.15, 0.2) is 73.3 Å². The zero-order chi connectivity index (χ0) is 23.9. The Hall–Kier alpha value is -3.40. The predicted molar refractivity (Wildman–Crippen MR) is 135 cm³/mol. The van der Waals surface area contributed by atoms with Gasteiger partial charge in [-0.3, -0.25) is 19.9 Å². The number of hydrogen-bond donors (Lipinski definition) is 0. The van der Waals surface area contributed by atoms with Gasteiger partial charge in [0.15, 0.2) is 0 Å². The summed E-state index contributed by atoms with van der Waals surface area (Å²) in [5.41, 5.74) is 9.19. The first kappa shape index (κ1) is 26.6. The lowest BCUT2D eigenvalue weighted by Gasteiger charge is -1.89. The molecule has 4 heteroatoms. The minimum absolute atomic E-state index is 1.08. The van der Waals surface area contributed by atoms with Crippen LogP contribution in [-0.4, -0.2) is 19.9 Å². The van der Waals surface area contributed by atoms with Crippen LogP contribution in [0.3, 0.4) is 0 Å². The van der Waals surface area contributed by atoms with Gasteiger partial charge in [0.1, 0.15) is 0 Å². The molecule has 0 saturated heterocycles. The average molecular weight is 429 g/mol. The van der Waals surface area contributed by atoms with E-state index < -0.39 is 0 Å². The first-order valence-corrected chi connectivity index (χ1v) is 10.7. The van der Waals surface area contributed by atoms with Crippen molar-refractivity contribution in [1.82, 2.24) is 19.9 Å². The monoisotopic (exact) mass is 428 g/mol. The molecule has 0 radical (unpaired) electrons. The maximum absolute atomic E-state index is 4.08. The summed E-state index contributed by atoms with van der Waals surface area (Å²) in [6.45, 7) is 16.1. The van der Waals surface area contributed by atoms with Gasteiger partial charge in [-0.25, -0.2) is 0 Å². The maximum Gasteiger partial charge on any atom is 0.0372 e. The molecule has 0 bridgehead atoms. The predicted octanol–water partition coefficient (Wildman–Crippen LogP) is 6.79. The Balaban J connectivity index is 0.000000213. The summed E-state index contributed by atoms with van der Waals surface area (Å²) < 4.78 is 0. The number of rotatable bonds is 0. The van der Waals surface area contributed by atoms with E-state index >= 15 is 0 Å². The van der Waals surface area contributed by atoms with Gasteiger partial charge in [-0.2, -0.15) is 0 Å². The second-order valence-corrected chi connectivity index (χ2v) is 7.91. The van der Waals surface area contributed by atoms with Gasteiger partial charge in [-0.05, 0) is 102 Å². The van der Waals surface area contributed by atoms with Crippen LogP contribution in [0.25, 0.3) is 0 Å². The van der Waals surface area contributed by atoms with Crippen molar-refractivity contribution < 1.29 is 0 Å². The zero-order valence-electron chi connectivity index (χ0n) is 20.7. The highest BCUT2D eigenvalue weighted by Gasteiger charge is 1.83. The summed E-state index contributed by atoms with van der Waals surface area (Å²) in [4.78, 5) is 16.3. The molecule has 0 atom stereocenters. The molecule has 0 aliphatic rings. The van der Waals surface area contributed by atoms with E-state index in [9.17, 15) is 0 Å². The lowest BCUT2D eigenvalue weighted by Crippen LogP contribution is -1.78. The van der Waals surface area contributed by atoms with E-state index in [4.69, 9.17) is 0 Å². The maximum atomic E-state index is 4.08. The van der Waals surface area contributed by atoms with Crippen molar-refractivity contribution >= 4 is 0 Å². The summed E-state index contributed by atoms with van der Waals surface area (Å²) in [6, 6.07) is 16.3. The van der Waals surface area contributed by atoms with Gasteiger partial charge < -0.3 is 0 Å². The first-order chi connectivity index (χ1) is 15.2. The molecule has 32 heavy (non-hydrogen) atoms. The topological polar surface area (TPSA) is 51.6 Å². The Kier molecular flexibility index (Phi) is 12.1. The Morgan fingerprint density at radius 1 is 0.312 bits per heavy atom. The normalized spacial score (nSPS) is 9.25. The number of aromatic nitrogens is 4. The summed E-state index contributed by atoms with van der Waals surface area (Å²) >= 11 is 0. The van der Waals surface area contributed by atoms with E-state index in [-0.39, 0.29) is 0 Å². The molecule has 4 heterocycles. The molecular weight excluding hydrogens is 392 g/mol. The van der Waals surface area contributed by atoms with Gasteiger partial charge >= 0.3 is 0 Å². The third-order valence-electron chi connectivity index (χ3n) is 4.24. The summed E-state index contributed by atoms with van der Waals surface area (Å²) in [7, 11) is 0. The van der Waals surface area contributed by atoms with E-state index in [1.54, 1.807) is 0 Å². The van der Waals surface area contributed by atoms with Crippen molar-refractivity contribution in [3.63, 3.8) is 0 Å². The Morgan fingerprint density at radius 2 is 0.500 bits per heavy atom. The van der Waals surface area contributed by atoms with Crippen LogP contribution >= 0.6 is 0 Å². The fourth-order valence-corrected chi connectivity index (χ4v) is 2.17. The van der Waals surface area contributed by atoms with E-state index in [2.05, 4.69) is 44.2 Å². The highest BCUT2D eigenvalue weighted by atomic mass is 14.7.